The second-order valence-electron chi connectivity index (χ2n) is 6.06. The molecule has 0 bridgehead atoms. The van der Waals surface area contributed by atoms with Crippen molar-refractivity contribution in [2.24, 2.45) is 4.99 Å². The normalized spacial score (nSPS) is 13.6. The number of halogens is 2. The van der Waals surface area contributed by atoms with Gasteiger partial charge in [-0.2, -0.15) is 0 Å². The number of nitrogens with one attached hydrogen (secondary N) is 2. The van der Waals surface area contributed by atoms with Gasteiger partial charge in [-0.15, -0.1) is 35.3 Å². The molecule has 3 N–H and O–H groups in total. The van der Waals surface area contributed by atoms with Crippen molar-refractivity contribution >= 4 is 52.9 Å². The standard InChI is InChI=1S/C19H26ClN3O2S.HI/c1-3-21-18(23-14-19(2,24)17-8-5-11-26-17)22-9-10-25-13-15-6-4-7-16(20)12-15;/h4-8,11-12,24H,3,9-10,13-14H2,1-2H3,(H2,21,22,23);1H. The third-order valence-corrected chi connectivity index (χ3v) is 5.00. The quantitative estimate of drug-likeness (QED) is 0.201. The van der Waals surface area contributed by atoms with E-state index in [9.17, 15) is 5.11 Å². The van der Waals surface area contributed by atoms with Crippen LogP contribution in [-0.2, 0) is 16.9 Å². The van der Waals surface area contributed by atoms with Gasteiger partial charge in [0.2, 0.25) is 0 Å². The van der Waals surface area contributed by atoms with Gasteiger partial charge in [0.25, 0.3) is 0 Å². The Hall–Kier alpha value is -0.870. The van der Waals surface area contributed by atoms with Gasteiger partial charge in [-0.05, 0) is 43.0 Å². The van der Waals surface area contributed by atoms with Gasteiger partial charge in [-0.1, -0.05) is 29.8 Å². The molecule has 0 radical (unpaired) electrons. The molecule has 0 amide bonds. The molecule has 0 saturated carbocycles. The van der Waals surface area contributed by atoms with Crippen molar-refractivity contribution in [2.75, 3.05) is 26.2 Å². The van der Waals surface area contributed by atoms with Gasteiger partial charge in [0.05, 0.1) is 19.8 Å². The van der Waals surface area contributed by atoms with Gasteiger partial charge >= 0.3 is 0 Å². The van der Waals surface area contributed by atoms with E-state index in [2.05, 4.69) is 15.6 Å². The molecule has 0 spiro atoms. The molecule has 1 aromatic heterocycles. The molecule has 0 fully saturated rings. The van der Waals surface area contributed by atoms with Gasteiger partial charge in [-0.25, -0.2) is 4.99 Å². The zero-order valence-electron chi connectivity index (χ0n) is 15.6. The van der Waals surface area contributed by atoms with Crippen molar-refractivity contribution in [1.29, 1.82) is 0 Å². The molecule has 1 atom stereocenters. The van der Waals surface area contributed by atoms with Crippen LogP contribution in [0, 0.1) is 0 Å². The SMILES string of the molecule is CCNC(=NCC(C)(O)c1cccs1)NCCOCc1cccc(Cl)c1.I. The van der Waals surface area contributed by atoms with E-state index < -0.39 is 5.60 Å². The lowest BCUT2D eigenvalue weighted by Gasteiger charge is -2.20. The first-order valence-corrected chi connectivity index (χ1v) is 9.88. The van der Waals surface area contributed by atoms with Gasteiger partial charge in [0.1, 0.15) is 5.60 Å². The fourth-order valence-electron chi connectivity index (χ4n) is 2.30. The van der Waals surface area contributed by atoms with E-state index in [4.69, 9.17) is 16.3 Å². The number of hydrogen-bond donors (Lipinski definition) is 3. The molecule has 1 heterocycles. The molecule has 2 rings (SSSR count). The Morgan fingerprint density at radius 1 is 1.30 bits per heavy atom. The molecule has 0 aliphatic rings. The van der Waals surface area contributed by atoms with Crippen LogP contribution >= 0.6 is 46.9 Å². The Bertz CT molecular complexity index is 696. The second kappa shape index (κ2) is 12.6. The summed E-state index contributed by atoms with van der Waals surface area (Å²) in [6.07, 6.45) is 0. The summed E-state index contributed by atoms with van der Waals surface area (Å²) in [4.78, 5) is 5.39. The Kier molecular flexibility index (Phi) is 11.2. The molecular weight excluding hydrogens is 497 g/mol. The Balaban J connectivity index is 0.00000364. The van der Waals surface area contributed by atoms with Crippen LogP contribution in [0.25, 0.3) is 0 Å². The minimum absolute atomic E-state index is 0. The van der Waals surface area contributed by atoms with E-state index in [-0.39, 0.29) is 30.5 Å². The summed E-state index contributed by atoms with van der Waals surface area (Å²) in [5.74, 6) is 0.663. The fourth-order valence-corrected chi connectivity index (χ4v) is 3.29. The summed E-state index contributed by atoms with van der Waals surface area (Å²) in [5, 5.41) is 19.6. The highest BCUT2D eigenvalue weighted by molar-refractivity contribution is 14.0. The zero-order valence-corrected chi connectivity index (χ0v) is 19.5. The Morgan fingerprint density at radius 2 is 2.11 bits per heavy atom. The summed E-state index contributed by atoms with van der Waals surface area (Å²) in [7, 11) is 0. The number of nitrogens with zero attached hydrogens (tertiary/aromatic N) is 1. The third kappa shape index (κ3) is 8.78. The third-order valence-electron chi connectivity index (χ3n) is 3.64. The summed E-state index contributed by atoms with van der Waals surface area (Å²) in [6.45, 7) is 6.49. The van der Waals surface area contributed by atoms with Crippen LogP contribution in [0.2, 0.25) is 5.02 Å². The number of guanidine groups is 1. The van der Waals surface area contributed by atoms with Gasteiger partial charge < -0.3 is 20.5 Å². The topological polar surface area (TPSA) is 65.9 Å². The van der Waals surface area contributed by atoms with Crippen LogP contribution in [0.4, 0.5) is 0 Å². The molecule has 27 heavy (non-hydrogen) atoms. The van der Waals surface area contributed by atoms with E-state index in [1.54, 1.807) is 6.92 Å². The first-order chi connectivity index (χ1) is 12.5. The van der Waals surface area contributed by atoms with Crippen molar-refractivity contribution in [3.05, 3.63) is 57.2 Å². The maximum Gasteiger partial charge on any atom is 0.191 e. The van der Waals surface area contributed by atoms with Crippen LogP contribution in [0.1, 0.15) is 24.3 Å². The number of benzene rings is 1. The van der Waals surface area contributed by atoms with Crippen molar-refractivity contribution in [3.8, 4) is 0 Å². The summed E-state index contributed by atoms with van der Waals surface area (Å²) in [5.41, 5.74) is 0.0737. The van der Waals surface area contributed by atoms with Gasteiger partial charge in [0.15, 0.2) is 5.96 Å². The molecule has 0 aliphatic heterocycles. The predicted molar refractivity (Wildman–Crippen MR) is 124 cm³/mol. The van der Waals surface area contributed by atoms with E-state index >= 15 is 0 Å². The second-order valence-corrected chi connectivity index (χ2v) is 7.44. The van der Waals surface area contributed by atoms with Crippen LogP contribution in [0.5, 0.6) is 0 Å². The van der Waals surface area contributed by atoms with Crippen LogP contribution in [0.15, 0.2) is 46.8 Å². The molecule has 2 aromatic rings. The number of ether oxygens (including phenoxy) is 1. The van der Waals surface area contributed by atoms with Crippen LogP contribution in [0.3, 0.4) is 0 Å². The van der Waals surface area contributed by atoms with Crippen LogP contribution < -0.4 is 10.6 Å². The lowest BCUT2D eigenvalue weighted by atomic mass is 10.1. The van der Waals surface area contributed by atoms with Gasteiger partial charge in [-0.3, -0.25) is 0 Å². The largest absolute Gasteiger partial charge is 0.383 e. The molecule has 0 aliphatic carbocycles. The maximum atomic E-state index is 10.6. The van der Waals surface area contributed by atoms with E-state index in [1.807, 2.05) is 48.7 Å². The zero-order chi connectivity index (χ0) is 18.8. The molecule has 1 aromatic carbocycles. The summed E-state index contributed by atoms with van der Waals surface area (Å²) >= 11 is 7.49. The van der Waals surface area contributed by atoms with E-state index in [0.29, 0.717) is 30.7 Å². The number of rotatable bonds is 9. The number of hydrogen-bond acceptors (Lipinski definition) is 4. The van der Waals surface area contributed by atoms with Crippen LogP contribution in [-0.4, -0.2) is 37.3 Å². The predicted octanol–water partition coefficient (Wildman–Crippen LogP) is 4.00. The highest BCUT2D eigenvalue weighted by atomic mass is 127. The minimum Gasteiger partial charge on any atom is -0.383 e. The van der Waals surface area contributed by atoms with Crippen molar-refractivity contribution in [1.82, 2.24) is 10.6 Å². The average Bonchev–Trinajstić information content (AvgIpc) is 3.15. The van der Waals surface area contributed by atoms with Crippen molar-refractivity contribution in [2.45, 2.75) is 26.1 Å². The van der Waals surface area contributed by atoms with E-state index in [0.717, 1.165) is 17.0 Å². The number of aliphatic hydroxyl groups is 1. The number of thiophene rings is 1. The fraction of sp³-hybridized carbons (Fsp3) is 0.421. The smallest absolute Gasteiger partial charge is 0.191 e. The van der Waals surface area contributed by atoms with Crippen molar-refractivity contribution < 1.29 is 9.84 Å². The molecule has 1 unspecified atom stereocenters. The lowest BCUT2D eigenvalue weighted by molar-refractivity contribution is 0.0711. The first kappa shape index (κ1) is 24.2. The Morgan fingerprint density at radius 3 is 2.78 bits per heavy atom. The average molecular weight is 524 g/mol. The maximum absolute atomic E-state index is 10.6. The monoisotopic (exact) mass is 523 g/mol. The highest BCUT2D eigenvalue weighted by Crippen LogP contribution is 2.25. The molecule has 150 valence electrons. The van der Waals surface area contributed by atoms with Crippen molar-refractivity contribution in [3.63, 3.8) is 0 Å². The van der Waals surface area contributed by atoms with E-state index in [1.165, 1.54) is 11.3 Å². The first-order valence-electron chi connectivity index (χ1n) is 8.62. The summed E-state index contributed by atoms with van der Waals surface area (Å²) in [6, 6.07) is 11.5. The van der Waals surface area contributed by atoms with Gasteiger partial charge in [0, 0.05) is 23.0 Å². The number of aliphatic imine (C=N–C) groups is 1. The lowest BCUT2D eigenvalue weighted by Crippen LogP contribution is -2.40. The molecule has 5 nitrogen and oxygen atoms in total. The highest BCUT2D eigenvalue weighted by Gasteiger charge is 2.23. The molecule has 0 saturated heterocycles. The molecular formula is C19H27ClIN3O2S. The minimum atomic E-state index is -0.973. The summed E-state index contributed by atoms with van der Waals surface area (Å²) < 4.78 is 5.66. The molecule has 8 heteroatoms. The Labute approximate surface area is 187 Å².